The number of carbonyl (C=O) groups is 1. The van der Waals surface area contributed by atoms with Crippen molar-refractivity contribution in [2.24, 2.45) is 0 Å². The molecule has 1 atom stereocenters. The van der Waals surface area contributed by atoms with Gasteiger partial charge in [0.25, 0.3) is 0 Å². The van der Waals surface area contributed by atoms with E-state index >= 15 is 0 Å². The van der Waals surface area contributed by atoms with E-state index < -0.39 is 0 Å². The van der Waals surface area contributed by atoms with Crippen molar-refractivity contribution in [1.29, 1.82) is 0 Å². The van der Waals surface area contributed by atoms with Crippen LogP contribution in [0.5, 0.6) is 0 Å². The van der Waals surface area contributed by atoms with Gasteiger partial charge in [0.15, 0.2) is 4.34 Å². The van der Waals surface area contributed by atoms with Gasteiger partial charge in [0.1, 0.15) is 5.82 Å². The topological polar surface area (TPSA) is 42.0 Å². The highest BCUT2D eigenvalue weighted by atomic mass is 32.2. The van der Waals surface area contributed by atoms with E-state index in [2.05, 4.69) is 10.3 Å². The Hall–Kier alpha value is -1.57. The molecule has 3 aromatic rings. The zero-order chi connectivity index (χ0) is 17.2. The van der Waals surface area contributed by atoms with Crippen molar-refractivity contribution in [3.05, 3.63) is 53.8 Å². The molecule has 25 heavy (non-hydrogen) atoms. The van der Waals surface area contributed by atoms with Gasteiger partial charge in [-0.25, -0.2) is 9.37 Å². The van der Waals surface area contributed by atoms with Crippen LogP contribution in [0.3, 0.4) is 0 Å². The van der Waals surface area contributed by atoms with Crippen LogP contribution in [-0.2, 0) is 4.79 Å². The number of carbonyl (C=O) groups excluding carboxylic acids is 1. The second kappa shape index (κ2) is 7.35. The Morgan fingerprint density at radius 1 is 1.32 bits per heavy atom. The van der Waals surface area contributed by atoms with Crippen LogP contribution < -0.4 is 5.32 Å². The molecule has 1 amide bonds. The SMILES string of the molecule is O=C(CSc1nc2ccccc2s1)N[C@H]1CCSc2ccc(F)cc21. The standard InChI is InChI=1S/C18H15FN2OS3/c19-11-5-6-15-12(9-11)13(7-8-23-15)20-17(22)10-24-18-21-14-3-1-2-4-16(14)25-18/h1-6,9,13H,7-8,10H2,(H,20,22)/t13-/m0/s1. The Bertz CT molecular complexity index is 895. The minimum absolute atomic E-state index is 0.0450. The zero-order valence-electron chi connectivity index (χ0n) is 13.2. The summed E-state index contributed by atoms with van der Waals surface area (Å²) in [4.78, 5) is 17.9. The number of para-hydroxylation sites is 1. The van der Waals surface area contributed by atoms with Crippen molar-refractivity contribution >= 4 is 51.0 Å². The van der Waals surface area contributed by atoms with Crippen LogP contribution in [0.4, 0.5) is 4.39 Å². The van der Waals surface area contributed by atoms with Crippen molar-refractivity contribution in [2.45, 2.75) is 21.7 Å². The molecule has 0 radical (unpaired) electrons. The summed E-state index contributed by atoms with van der Waals surface area (Å²) in [6.45, 7) is 0. The maximum Gasteiger partial charge on any atom is 0.230 e. The Balaban J connectivity index is 1.40. The van der Waals surface area contributed by atoms with Crippen LogP contribution in [-0.4, -0.2) is 22.4 Å². The zero-order valence-corrected chi connectivity index (χ0v) is 15.6. The molecule has 2 heterocycles. The lowest BCUT2D eigenvalue weighted by molar-refractivity contribution is -0.119. The molecule has 0 spiro atoms. The fraction of sp³-hybridized carbons (Fsp3) is 0.222. The largest absolute Gasteiger partial charge is 0.348 e. The number of rotatable bonds is 4. The lowest BCUT2D eigenvalue weighted by atomic mass is 10.0. The van der Waals surface area contributed by atoms with Gasteiger partial charge in [-0.2, -0.15) is 0 Å². The van der Waals surface area contributed by atoms with Gasteiger partial charge < -0.3 is 5.32 Å². The number of thioether (sulfide) groups is 2. The van der Waals surface area contributed by atoms with Gasteiger partial charge in [-0.3, -0.25) is 4.79 Å². The van der Waals surface area contributed by atoms with Crippen molar-refractivity contribution in [3.63, 3.8) is 0 Å². The molecule has 0 saturated heterocycles. The smallest absolute Gasteiger partial charge is 0.230 e. The molecular weight excluding hydrogens is 375 g/mol. The van der Waals surface area contributed by atoms with E-state index in [4.69, 9.17) is 0 Å². The van der Waals surface area contributed by atoms with Crippen molar-refractivity contribution in [2.75, 3.05) is 11.5 Å². The summed E-state index contributed by atoms with van der Waals surface area (Å²) < 4.78 is 15.6. The first kappa shape index (κ1) is 16.9. The minimum atomic E-state index is -0.260. The summed E-state index contributed by atoms with van der Waals surface area (Å²) in [6.07, 6.45) is 0.818. The molecule has 0 fully saturated rings. The summed E-state index contributed by atoms with van der Waals surface area (Å²) in [5.41, 5.74) is 1.85. The summed E-state index contributed by atoms with van der Waals surface area (Å²) in [6, 6.07) is 12.6. The number of benzene rings is 2. The number of nitrogens with zero attached hydrogens (tertiary/aromatic N) is 1. The maximum absolute atomic E-state index is 13.5. The third-order valence-electron chi connectivity index (χ3n) is 3.95. The molecule has 0 saturated carbocycles. The number of nitrogens with one attached hydrogen (secondary N) is 1. The van der Waals surface area contributed by atoms with Gasteiger partial charge in [-0.05, 0) is 42.3 Å². The predicted octanol–water partition coefficient (Wildman–Crippen LogP) is 4.88. The molecule has 0 aliphatic carbocycles. The van der Waals surface area contributed by atoms with Gasteiger partial charge in [-0.15, -0.1) is 23.1 Å². The van der Waals surface area contributed by atoms with Crippen LogP contribution in [0, 0.1) is 5.82 Å². The molecule has 7 heteroatoms. The Morgan fingerprint density at radius 2 is 2.20 bits per heavy atom. The van der Waals surface area contributed by atoms with Gasteiger partial charge in [0, 0.05) is 10.6 Å². The number of hydrogen-bond donors (Lipinski definition) is 1. The highest BCUT2D eigenvalue weighted by Crippen LogP contribution is 2.36. The number of fused-ring (bicyclic) bond motifs is 2. The average molecular weight is 391 g/mol. The fourth-order valence-corrected chi connectivity index (χ4v) is 5.78. The van der Waals surface area contributed by atoms with Crippen molar-refractivity contribution in [3.8, 4) is 0 Å². The average Bonchev–Trinajstić information content (AvgIpc) is 3.03. The lowest BCUT2D eigenvalue weighted by Gasteiger charge is -2.25. The molecule has 4 rings (SSSR count). The highest BCUT2D eigenvalue weighted by Gasteiger charge is 2.23. The number of thiazole rings is 1. The first-order valence-electron chi connectivity index (χ1n) is 7.89. The van der Waals surface area contributed by atoms with Gasteiger partial charge in [0.05, 0.1) is 22.0 Å². The van der Waals surface area contributed by atoms with Crippen molar-refractivity contribution < 1.29 is 9.18 Å². The van der Waals surface area contributed by atoms with E-state index in [9.17, 15) is 9.18 Å². The third-order valence-corrected chi connectivity index (χ3v) is 7.25. The van der Waals surface area contributed by atoms with Crippen LogP contribution in [0.2, 0.25) is 0 Å². The molecule has 3 nitrogen and oxygen atoms in total. The fourth-order valence-electron chi connectivity index (χ4n) is 2.79. The molecule has 1 aliphatic rings. The molecule has 1 aromatic heterocycles. The van der Waals surface area contributed by atoms with Gasteiger partial charge in [0.2, 0.25) is 5.91 Å². The van der Waals surface area contributed by atoms with Gasteiger partial charge in [-0.1, -0.05) is 23.9 Å². The molecule has 128 valence electrons. The minimum Gasteiger partial charge on any atom is -0.348 e. The quantitative estimate of drug-likeness (QED) is 0.645. The summed E-state index contributed by atoms with van der Waals surface area (Å²) in [5.74, 6) is 0.934. The number of halogens is 1. The first-order chi connectivity index (χ1) is 12.2. The van der Waals surface area contributed by atoms with E-state index in [-0.39, 0.29) is 17.8 Å². The monoisotopic (exact) mass is 390 g/mol. The van der Waals surface area contributed by atoms with E-state index in [1.54, 1.807) is 29.2 Å². The van der Waals surface area contributed by atoms with E-state index in [0.717, 1.165) is 37.2 Å². The van der Waals surface area contributed by atoms with E-state index in [1.807, 2.05) is 24.3 Å². The van der Waals surface area contributed by atoms with Crippen molar-refractivity contribution in [1.82, 2.24) is 10.3 Å². The summed E-state index contributed by atoms with van der Waals surface area (Å²) in [7, 11) is 0. The van der Waals surface area contributed by atoms with Crippen LogP contribution >= 0.6 is 34.9 Å². The van der Waals surface area contributed by atoms with E-state index in [1.165, 1.54) is 23.9 Å². The second-order valence-corrected chi connectivity index (χ2v) is 9.07. The molecular formula is C18H15FN2OS3. The summed E-state index contributed by atoms with van der Waals surface area (Å²) in [5, 5.41) is 3.04. The number of aromatic nitrogens is 1. The van der Waals surface area contributed by atoms with Crippen LogP contribution in [0.15, 0.2) is 51.7 Å². The van der Waals surface area contributed by atoms with Gasteiger partial charge >= 0.3 is 0 Å². The Labute approximate surface area is 157 Å². The molecule has 1 aliphatic heterocycles. The Morgan fingerprint density at radius 3 is 3.08 bits per heavy atom. The first-order valence-corrected chi connectivity index (χ1v) is 10.7. The Kier molecular flexibility index (Phi) is 4.96. The normalized spacial score (nSPS) is 16.6. The van der Waals surface area contributed by atoms with Crippen LogP contribution in [0.1, 0.15) is 18.0 Å². The summed E-state index contributed by atoms with van der Waals surface area (Å²) >= 11 is 4.75. The van der Waals surface area contributed by atoms with E-state index in [0.29, 0.717) is 5.75 Å². The third kappa shape index (κ3) is 3.83. The molecule has 2 aromatic carbocycles. The molecule has 1 N–H and O–H groups in total. The second-order valence-electron chi connectivity index (χ2n) is 5.68. The predicted molar refractivity (Wildman–Crippen MR) is 103 cm³/mol. The maximum atomic E-state index is 13.5. The molecule has 0 bridgehead atoms. The lowest BCUT2D eigenvalue weighted by Crippen LogP contribution is -2.32. The van der Waals surface area contributed by atoms with Crippen LogP contribution in [0.25, 0.3) is 10.2 Å². The highest BCUT2D eigenvalue weighted by molar-refractivity contribution is 8.01. The number of amides is 1. The number of hydrogen-bond acceptors (Lipinski definition) is 5. The molecule has 0 unspecified atom stereocenters.